The van der Waals surface area contributed by atoms with Gasteiger partial charge in [-0.25, -0.2) is 4.79 Å². The topological polar surface area (TPSA) is 93.5 Å². The Hall–Kier alpha value is -2.53. The monoisotopic (exact) mass is 386 g/mol. The number of nitrogens with zero attached hydrogens (tertiary/aromatic N) is 3. The lowest BCUT2D eigenvalue weighted by molar-refractivity contribution is -0.133. The molecule has 2 heterocycles. The van der Waals surface area contributed by atoms with Crippen molar-refractivity contribution < 1.29 is 14.4 Å². The van der Waals surface area contributed by atoms with Crippen molar-refractivity contribution >= 4 is 35.3 Å². The molecular weight excluding hydrogens is 364 g/mol. The van der Waals surface area contributed by atoms with Gasteiger partial charge in [0.15, 0.2) is 0 Å². The number of nitrogens with one attached hydrogen (secondary N) is 1. The summed E-state index contributed by atoms with van der Waals surface area (Å²) >= 11 is 1.62. The van der Waals surface area contributed by atoms with Crippen molar-refractivity contribution in [3.8, 4) is 6.07 Å². The minimum Gasteiger partial charge on any atom is -0.322 e. The summed E-state index contributed by atoms with van der Waals surface area (Å²) < 4.78 is 0. The molecule has 0 aliphatic carbocycles. The summed E-state index contributed by atoms with van der Waals surface area (Å²) in [5, 5.41) is 11.7. The smallest absolute Gasteiger partial charge is 0.322 e. The van der Waals surface area contributed by atoms with E-state index in [9.17, 15) is 14.4 Å². The first-order valence-electron chi connectivity index (χ1n) is 8.84. The van der Waals surface area contributed by atoms with Gasteiger partial charge in [0.2, 0.25) is 5.91 Å². The van der Waals surface area contributed by atoms with E-state index < -0.39 is 11.6 Å². The second kappa shape index (κ2) is 7.61. The Kier molecular flexibility index (Phi) is 5.42. The number of rotatable bonds is 5. The van der Waals surface area contributed by atoms with Crippen LogP contribution in [0.15, 0.2) is 18.2 Å². The van der Waals surface area contributed by atoms with Crippen LogP contribution in [0, 0.1) is 25.2 Å². The van der Waals surface area contributed by atoms with Crippen LogP contribution in [0.3, 0.4) is 0 Å². The molecule has 2 aliphatic rings. The molecule has 3 rings (SSSR count). The van der Waals surface area contributed by atoms with E-state index >= 15 is 0 Å². The molecule has 27 heavy (non-hydrogen) atoms. The summed E-state index contributed by atoms with van der Waals surface area (Å²) in [6, 6.07) is 7.14. The van der Waals surface area contributed by atoms with E-state index in [1.54, 1.807) is 11.8 Å². The van der Waals surface area contributed by atoms with E-state index in [4.69, 9.17) is 5.26 Å². The van der Waals surface area contributed by atoms with Gasteiger partial charge in [-0.1, -0.05) is 6.07 Å². The van der Waals surface area contributed by atoms with Gasteiger partial charge in [-0.2, -0.15) is 17.0 Å². The quantitative estimate of drug-likeness (QED) is 0.781. The molecular formula is C19H22N4O3S. The molecule has 0 bridgehead atoms. The molecule has 7 nitrogen and oxygen atoms in total. The molecule has 1 unspecified atom stereocenters. The van der Waals surface area contributed by atoms with Gasteiger partial charge in [0.25, 0.3) is 5.91 Å². The van der Waals surface area contributed by atoms with E-state index in [-0.39, 0.29) is 31.3 Å². The third-order valence-electron chi connectivity index (χ3n) is 5.11. The van der Waals surface area contributed by atoms with Crippen molar-refractivity contribution in [1.29, 1.82) is 5.26 Å². The molecule has 1 atom stereocenters. The molecule has 0 radical (unpaired) electrons. The fourth-order valence-corrected chi connectivity index (χ4v) is 4.65. The zero-order valence-corrected chi connectivity index (χ0v) is 16.3. The number of nitriles is 1. The Morgan fingerprint density at radius 3 is 2.78 bits per heavy atom. The number of aryl methyl sites for hydroxylation is 2. The third-order valence-corrected chi connectivity index (χ3v) is 6.30. The van der Waals surface area contributed by atoms with Crippen molar-refractivity contribution in [2.45, 2.75) is 32.2 Å². The summed E-state index contributed by atoms with van der Waals surface area (Å²) in [4.78, 5) is 40.5. The predicted molar refractivity (Wildman–Crippen MR) is 103 cm³/mol. The number of hydrogen-bond donors (Lipinski definition) is 1. The fourth-order valence-electron chi connectivity index (χ4n) is 3.33. The highest BCUT2D eigenvalue weighted by Gasteiger charge is 2.53. The van der Waals surface area contributed by atoms with Gasteiger partial charge in [0, 0.05) is 18.0 Å². The SMILES string of the molecule is Cc1ccc(N(CCC#N)C(=O)CN2C(=O)NC3(CCSC3)C2=O)cc1C. The Bertz CT molecular complexity index is 827. The zero-order chi connectivity index (χ0) is 19.6. The number of benzene rings is 1. The van der Waals surface area contributed by atoms with Crippen molar-refractivity contribution in [2.24, 2.45) is 0 Å². The van der Waals surface area contributed by atoms with Crippen molar-refractivity contribution in [1.82, 2.24) is 10.2 Å². The molecule has 1 N–H and O–H groups in total. The Morgan fingerprint density at radius 2 is 2.15 bits per heavy atom. The van der Waals surface area contributed by atoms with E-state index in [0.29, 0.717) is 17.9 Å². The van der Waals surface area contributed by atoms with Crippen molar-refractivity contribution in [3.63, 3.8) is 0 Å². The normalized spacial score (nSPS) is 21.4. The molecule has 1 aromatic carbocycles. The molecule has 1 aromatic rings. The Labute approximate surface area is 162 Å². The number of hydrogen-bond acceptors (Lipinski definition) is 5. The van der Waals surface area contributed by atoms with E-state index in [1.807, 2.05) is 38.1 Å². The standard InChI is InChI=1S/C19H22N4O3S/c1-13-4-5-15(10-14(13)2)22(8-3-7-20)16(24)11-23-17(25)19(21-18(23)26)6-9-27-12-19/h4-5,10H,3,6,8-9,11-12H2,1-2H3,(H,21,26). The van der Waals surface area contributed by atoms with Crippen LogP contribution >= 0.6 is 11.8 Å². The van der Waals surface area contributed by atoms with E-state index in [0.717, 1.165) is 21.8 Å². The summed E-state index contributed by atoms with van der Waals surface area (Å²) in [5.41, 5.74) is 1.93. The number of urea groups is 1. The highest BCUT2D eigenvalue weighted by atomic mass is 32.2. The first kappa shape index (κ1) is 19.2. The van der Waals surface area contributed by atoms with Crippen LogP contribution in [0.5, 0.6) is 0 Å². The molecule has 2 fully saturated rings. The van der Waals surface area contributed by atoms with Crippen molar-refractivity contribution in [3.05, 3.63) is 29.3 Å². The lowest BCUT2D eigenvalue weighted by atomic mass is 9.99. The Balaban J connectivity index is 1.80. The zero-order valence-electron chi connectivity index (χ0n) is 15.4. The fraction of sp³-hybridized carbons (Fsp3) is 0.474. The van der Waals surface area contributed by atoms with E-state index in [1.165, 1.54) is 4.90 Å². The van der Waals surface area contributed by atoms with Crippen LogP contribution in [-0.4, -0.2) is 52.9 Å². The highest BCUT2D eigenvalue weighted by Crippen LogP contribution is 2.33. The van der Waals surface area contributed by atoms with Crippen LogP contribution in [0.1, 0.15) is 24.0 Å². The number of carbonyl (C=O) groups excluding carboxylic acids is 3. The number of imide groups is 1. The Morgan fingerprint density at radius 1 is 1.37 bits per heavy atom. The van der Waals surface area contributed by atoms with Crippen LogP contribution in [0.4, 0.5) is 10.5 Å². The third kappa shape index (κ3) is 3.65. The molecule has 8 heteroatoms. The molecule has 4 amide bonds. The van der Waals surface area contributed by atoms with Gasteiger partial charge in [0.1, 0.15) is 12.1 Å². The predicted octanol–water partition coefficient (Wildman–Crippen LogP) is 1.98. The summed E-state index contributed by atoms with van der Waals surface area (Å²) in [5.74, 6) is 0.647. The summed E-state index contributed by atoms with van der Waals surface area (Å²) in [7, 11) is 0. The first-order chi connectivity index (χ1) is 12.9. The van der Waals surface area contributed by atoms with Crippen LogP contribution < -0.4 is 10.2 Å². The molecule has 2 aliphatic heterocycles. The van der Waals surface area contributed by atoms with Gasteiger partial charge in [0.05, 0.1) is 12.5 Å². The van der Waals surface area contributed by atoms with Crippen LogP contribution in [0.25, 0.3) is 0 Å². The van der Waals surface area contributed by atoms with Gasteiger partial charge >= 0.3 is 6.03 Å². The van der Waals surface area contributed by atoms with E-state index in [2.05, 4.69) is 5.32 Å². The highest BCUT2D eigenvalue weighted by molar-refractivity contribution is 7.99. The lowest BCUT2D eigenvalue weighted by Crippen LogP contribution is -2.48. The largest absolute Gasteiger partial charge is 0.325 e. The summed E-state index contributed by atoms with van der Waals surface area (Å²) in [6.07, 6.45) is 0.752. The maximum atomic E-state index is 12.9. The van der Waals surface area contributed by atoms with Gasteiger partial charge in [-0.05, 0) is 49.3 Å². The molecule has 0 aromatic heterocycles. The summed E-state index contributed by atoms with van der Waals surface area (Å²) in [6.45, 7) is 3.81. The van der Waals surface area contributed by atoms with Gasteiger partial charge in [-0.15, -0.1) is 0 Å². The number of anilines is 1. The van der Waals surface area contributed by atoms with Crippen molar-refractivity contribution in [2.75, 3.05) is 29.5 Å². The maximum Gasteiger partial charge on any atom is 0.325 e. The van der Waals surface area contributed by atoms with Crippen LogP contribution in [0.2, 0.25) is 0 Å². The molecule has 1 spiro atoms. The second-order valence-electron chi connectivity index (χ2n) is 6.93. The minimum atomic E-state index is -0.861. The molecule has 0 saturated carbocycles. The molecule has 2 saturated heterocycles. The lowest BCUT2D eigenvalue weighted by Gasteiger charge is -2.25. The number of carbonyl (C=O) groups is 3. The second-order valence-corrected chi connectivity index (χ2v) is 8.03. The minimum absolute atomic E-state index is 0.166. The van der Waals surface area contributed by atoms with Gasteiger partial charge < -0.3 is 10.2 Å². The average Bonchev–Trinajstić information content (AvgIpc) is 3.19. The van der Waals surface area contributed by atoms with Gasteiger partial charge in [-0.3, -0.25) is 14.5 Å². The van der Waals surface area contributed by atoms with Crippen LogP contribution in [-0.2, 0) is 9.59 Å². The maximum absolute atomic E-state index is 12.9. The average molecular weight is 386 g/mol. The molecule has 142 valence electrons. The first-order valence-corrected chi connectivity index (χ1v) is 10.00. The number of amides is 4. The number of thioether (sulfide) groups is 1.